The minimum absolute atomic E-state index is 0.0737. The monoisotopic (exact) mass is 258 g/mol. The highest BCUT2D eigenvalue weighted by Gasteiger charge is 2.28. The zero-order chi connectivity index (χ0) is 12.3. The van der Waals surface area contributed by atoms with E-state index in [0.29, 0.717) is 5.02 Å². The van der Waals surface area contributed by atoms with Gasteiger partial charge in [0, 0.05) is 15.3 Å². The van der Waals surface area contributed by atoms with E-state index >= 15 is 0 Å². The van der Waals surface area contributed by atoms with Gasteiger partial charge in [0.25, 0.3) is 0 Å². The molecule has 16 heavy (non-hydrogen) atoms. The molecule has 0 amide bonds. The third-order valence-electron chi connectivity index (χ3n) is 2.47. The number of hydrogen-bond donors (Lipinski definition) is 1. The fourth-order valence-electron chi connectivity index (χ4n) is 1.80. The highest BCUT2D eigenvalue weighted by atomic mass is 35.5. The Morgan fingerprint density at radius 1 is 1.50 bits per heavy atom. The van der Waals surface area contributed by atoms with Crippen molar-refractivity contribution in [3.05, 3.63) is 28.8 Å². The van der Waals surface area contributed by atoms with Gasteiger partial charge in [-0.05, 0) is 24.0 Å². The number of aliphatic carboxylic acids is 1. The van der Waals surface area contributed by atoms with Crippen molar-refractivity contribution >= 4 is 29.3 Å². The van der Waals surface area contributed by atoms with Crippen molar-refractivity contribution in [3.63, 3.8) is 0 Å². The Kier molecular flexibility index (Phi) is 4.28. The Morgan fingerprint density at radius 3 is 2.62 bits per heavy atom. The van der Waals surface area contributed by atoms with E-state index in [-0.39, 0.29) is 6.42 Å². The summed E-state index contributed by atoms with van der Waals surface area (Å²) in [6.07, 6.45) is 2.04. The van der Waals surface area contributed by atoms with Crippen molar-refractivity contribution in [3.8, 4) is 0 Å². The zero-order valence-corrected chi connectivity index (χ0v) is 11.2. The molecule has 0 unspecified atom stereocenters. The van der Waals surface area contributed by atoms with Crippen LogP contribution in [0.25, 0.3) is 0 Å². The molecule has 0 aromatic heterocycles. The quantitative estimate of drug-likeness (QED) is 0.835. The summed E-state index contributed by atoms with van der Waals surface area (Å²) in [7, 11) is 0. The summed E-state index contributed by atoms with van der Waals surface area (Å²) in [5, 5.41) is 9.55. The number of rotatable bonds is 4. The molecular formula is C12H15ClO2S. The summed E-state index contributed by atoms with van der Waals surface area (Å²) in [6.45, 7) is 3.81. The number of carbonyl (C=O) groups is 1. The molecule has 0 heterocycles. The van der Waals surface area contributed by atoms with Crippen LogP contribution >= 0.6 is 23.4 Å². The molecule has 0 radical (unpaired) electrons. The predicted octanol–water partition coefficient (Wildman–Crippen LogP) is 3.81. The number of thioether (sulfide) groups is 1. The molecule has 4 heteroatoms. The Bertz CT molecular complexity index is 402. The molecule has 2 nitrogen and oxygen atoms in total. The van der Waals surface area contributed by atoms with Crippen LogP contribution in [-0.2, 0) is 10.2 Å². The highest BCUT2D eigenvalue weighted by molar-refractivity contribution is 7.98. The van der Waals surface area contributed by atoms with Gasteiger partial charge in [-0.25, -0.2) is 0 Å². The largest absolute Gasteiger partial charge is 0.481 e. The summed E-state index contributed by atoms with van der Waals surface area (Å²) in [5.74, 6) is -0.808. The van der Waals surface area contributed by atoms with Gasteiger partial charge >= 0.3 is 5.97 Å². The standard InChI is InChI=1S/C12H15ClO2S/c1-12(2,7-10(14)15)11-8(13)5-4-6-9(11)16-3/h4-6H,7H2,1-3H3,(H,14,15). The van der Waals surface area contributed by atoms with Crippen LogP contribution < -0.4 is 0 Å². The molecule has 0 saturated carbocycles. The number of hydrogen-bond acceptors (Lipinski definition) is 2. The lowest BCUT2D eigenvalue weighted by Gasteiger charge is -2.26. The van der Waals surface area contributed by atoms with Crippen LogP contribution in [0.3, 0.4) is 0 Å². The van der Waals surface area contributed by atoms with E-state index in [1.807, 2.05) is 32.2 Å². The first-order chi connectivity index (χ1) is 7.38. The molecule has 0 aliphatic rings. The van der Waals surface area contributed by atoms with Gasteiger partial charge in [0.1, 0.15) is 0 Å². The van der Waals surface area contributed by atoms with Crippen LogP contribution in [0.4, 0.5) is 0 Å². The van der Waals surface area contributed by atoms with Crippen molar-refractivity contribution in [1.29, 1.82) is 0 Å². The molecular weight excluding hydrogens is 244 g/mol. The molecule has 0 atom stereocenters. The van der Waals surface area contributed by atoms with Crippen LogP contribution in [-0.4, -0.2) is 17.3 Å². The minimum atomic E-state index is -0.808. The first-order valence-corrected chi connectivity index (χ1v) is 6.53. The zero-order valence-electron chi connectivity index (χ0n) is 9.58. The van der Waals surface area contributed by atoms with Crippen molar-refractivity contribution in [2.75, 3.05) is 6.26 Å². The number of carboxylic acids is 1. The SMILES string of the molecule is CSc1cccc(Cl)c1C(C)(C)CC(=O)O. The minimum Gasteiger partial charge on any atom is -0.481 e. The second kappa shape index (κ2) is 5.11. The molecule has 1 N–H and O–H groups in total. The summed E-state index contributed by atoms with van der Waals surface area (Å²) in [6, 6.07) is 5.66. The van der Waals surface area contributed by atoms with E-state index in [4.69, 9.17) is 16.7 Å². The Hall–Kier alpha value is -0.670. The summed E-state index contributed by atoms with van der Waals surface area (Å²) >= 11 is 7.76. The van der Waals surface area contributed by atoms with E-state index in [0.717, 1.165) is 10.5 Å². The van der Waals surface area contributed by atoms with Crippen LogP contribution in [0.1, 0.15) is 25.8 Å². The average molecular weight is 259 g/mol. The van der Waals surface area contributed by atoms with Gasteiger partial charge in [-0.1, -0.05) is 31.5 Å². The third kappa shape index (κ3) is 2.92. The lowest BCUT2D eigenvalue weighted by atomic mass is 9.81. The van der Waals surface area contributed by atoms with Crippen molar-refractivity contribution in [1.82, 2.24) is 0 Å². The first kappa shape index (κ1) is 13.4. The Morgan fingerprint density at radius 2 is 2.12 bits per heavy atom. The maximum absolute atomic E-state index is 10.8. The molecule has 0 saturated heterocycles. The van der Waals surface area contributed by atoms with Gasteiger partial charge in [0.15, 0.2) is 0 Å². The predicted molar refractivity (Wildman–Crippen MR) is 68.5 cm³/mol. The normalized spacial score (nSPS) is 11.5. The molecule has 0 spiro atoms. The average Bonchev–Trinajstić information content (AvgIpc) is 2.14. The van der Waals surface area contributed by atoms with Gasteiger partial charge in [0.05, 0.1) is 6.42 Å². The van der Waals surface area contributed by atoms with Crippen LogP contribution in [0.2, 0.25) is 5.02 Å². The topological polar surface area (TPSA) is 37.3 Å². The molecule has 1 aromatic carbocycles. The highest BCUT2D eigenvalue weighted by Crippen LogP contribution is 2.38. The van der Waals surface area contributed by atoms with E-state index in [1.54, 1.807) is 17.8 Å². The number of halogens is 1. The second-order valence-electron chi connectivity index (χ2n) is 4.27. The Balaban J connectivity index is 3.24. The van der Waals surface area contributed by atoms with Gasteiger partial charge in [-0.2, -0.15) is 0 Å². The van der Waals surface area contributed by atoms with E-state index in [2.05, 4.69) is 0 Å². The number of carboxylic acid groups (broad SMARTS) is 1. The van der Waals surface area contributed by atoms with E-state index in [1.165, 1.54) is 0 Å². The maximum atomic E-state index is 10.8. The fraction of sp³-hybridized carbons (Fsp3) is 0.417. The van der Waals surface area contributed by atoms with Gasteiger partial charge in [-0.15, -0.1) is 11.8 Å². The maximum Gasteiger partial charge on any atom is 0.304 e. The van der Waals surface area contributed by atoms with Gasteiger partial charge in [0.2, 0.25) is 0 Å². The van der Waals surface area contributed by atoms with Crippen molar-refractivity contribution in [2.24, 2.45) is 0 Å². The Labute approximate surface area is 105 Å². The van der Waals surface area contributed by atoms with Crippen molar-refractivity contribution in [2.45, 2.75) is 30.6 Å². The van der Waals surface area contributed by atoms with Gasteiger partial charge in [-0.3, -0.25) is 4.79 Å². The van der Waals surface area contributed by atoms with Gasteiger partial charge < -0.3 is 5.11 Å². The van der Waals surface area contributed by atoms with E-state index in [9.17, 15) is 4.79 Å². The molecule has 0 aliphatic heterocycles. The molecule has 0 aliphatic carbocycles. The second-order valence-corrected chi connectivity index (χ2v) is 5.53. The lowest BCUT2D eigenvalue weighted by Crippen LogP contribution is -2.23. The molecule has 1 aromatic rings. The number of benzene rings is 1. The van der Waals surface area contributed by atoms with Crippen LogP contribution in [0.15, 0.2) is 23.1 Å². The summed E-state index contributed by atoms with van der Waals surface area (Å²) in [5.41, 5.74) is 0.467. The molecule has 0 bridgehead atoms. The van der Waals surface area contributed by atoms with Crippen molar-refractivity contribution < 1.29 is 9.90 Å². The smallest absolute Gasteiger partial charge is 0.304 e. The summed E-state index contributed by atoms with van der Waals surface area (Å²) < 4.78 is 0. The summed E-state index contributed by atoms with van der Waals surface area (Å²) in [4.78, 5) is 11.9. The fourth-order valence-corrected chi connectivity index (χ4v) is 3.09. The van der Waals surface area contributed by atoms with Crippen LogP contribution in [0, 0.1) is 0 Å². The molecule has 1 rings (SSSR count). The first-order valence-electron chi connectivity index (χ1n) is 4.93. The van der Waals surface area contributed by atoms with Crippen LogP contribution in [0.5, 0.6) is 0 Å². The third-order valence-corrected chi connectivity index (χ3v) is 3.56. The van der Waals surface area contributed by atoms with E-state index < -0.39 is 11.4 Å². The molecule has 88 valence electrons. The lowest BCUT2D eigenvalue weighted by molar-refractivity contribution is -0.138. The molecule has 0 fully saturated rings.